The molecule has 0 radical (unpaired) electrons. The number of rotatable bonds is 7. The van der Waals surface area contributed by atoms with Gasteiger partial charge in [-0.3, -0.25) is 0 Å². The van der Waals surface area contributed by atoms with E-state index in [0.717, 1.165) is 0 Å². The van der Waals surface area contributed by atoms with Gasteiger partial charge in [0, 0.05) is 5.92 Å². The van der Waals surface area contributed by atoms with Crippen LogP contribution in [0.15, 0.2) is 23.3 Å². The first-order chi connectivity index (χ1) is 9.83. The van der Waals surface area contributed by atoms with Crippen molar-refractivity contribution in [1.82, 2.24) is 0 Å². The van der Waals surface area contributed by atoms with Gasteiger partial charge in [-0.05, 0) is 57.8 Å². The topological polar surface area (TPSA) is 29.5 Å². The van der Waals surface area contributed by atoms with E-state index in [0.29, 0.717) is 6.42 Å². The molecule has 130 valence electrons. The molecule has 0 spiro atoms. The molecule has 0 heterocycles. The molecular formula is C19H38O2Si. The van der Waals surface area contributed by atoms with Crippen molar-refractivity contribution in [2.45, 2.75) is 92.2 Å². The van der Waals surface area contributed by atoms with Crippen molar-refractivity contribution in [1.29, 1.82) is 0 Å². The second-order valence-electron chi connectivity index (χ2n) is 8.28. The molecule has 0 aliphatic heterocycles. The minimum Gasteiger partial charge on any atom is -0.410 e. The predicted molar refractivity (Wildman–Crippen MR) is 101 cm³/mol. The van der Waals surface area contributed by atoms with E-state index in [-0.39, 0.29) is 23.2 Å². The van der Waals surface area contributed by atoms with Gasteiger partial charge in [0.15, 0.2) is 8.32 Å². The summed E-state index contributed by atoms with van der Waals surface area (Å²) >= 11 is 0. The van der Waals surface area contributed by atoms with Gasteiger partial charge in [0.25, 0.3) is 0 Å². The molecule has 0 amide bonds. The Morgan fingerprint density at radius 3 is 2.05 bits per heavy atom. The standard InChI is InChI=1S/C19H38O2Si/c1-11-15(4)18(21-22(9,10)19(6,7)8)16(5)17(20)13-12-14(2)3/h11-12,16-18,20H,13H2,1-10H3/b15-11+/t16-,17-,18-/m1/s1. The normalized spacial score (nSPS) is 17.9. The summed E-state index contributed by atoms with van der Waals surface area (Å²) in [5, 5.41) is 10.7. The van der Waals surface area contributed by atoms with E-state index >= 15 is 0 Å². The highest BCUT2D eigenvalue weighted by Gasteiger charge is 2.41. The number of hydrogen-bond acceptors (Lipinski definition) is 2. The average Bonchev–Trinajstić information content (AvgIpc) is 2.39. The van der Waals surface area contributed by atoms with E-state index in [4.69, 9.17) is 4.43 Å². The average molecular weight is 327 g/mol. The molecule has 2 nitrogen and oxygen atoms in total. The molecule has 0 rings (SSSR count). The molecule has 0 unspecified atom stereocenters. The van der Waals surface area contributed by atoms with E-state index < -0.39 is 8.32 Å². The maximum absolute atomic E-state index is 10.5. The fourth-order valence-corrected chi connectivity index (χ4v) is 3.44. The second-order valence-corrected chi connectivity index (χ2v) is 13.0. The smallest absolute Gasteiger partial charge is 0.192 e. The van der Waals surface area contributed by atoms with Gasteiger partial charge in [0.1, 0.15) is 0 Å². The molecule has 0 saturated carbocycles. The van der Waals surface area contributed by atoms with E-state index in [1.165, 1.54) is 11.1 Å². The third kappa shape index (κ3) is 6.39. The zero-order valence-corrected chi connectivity index (χ0v) is 17.4. The van der Waals surface area contributed by atoms with Crippen LogP contribution < -0.4 is 0 Å². The van der Waals surface area contributed by atoms with Crippen molar-refractivity contribution in [3.05, 3.63) is 23.3 Å². The zero-order chi connectivity index (χ0) is 17.7. The Morgan fingerprint density at radius 1 is 1.18 bits per heavy atom. The van der Waals surface area contributed by atoms with Crippen molar-refractivity contribution in [2.75, 3.05) is 0 Å². The highest BCUT2D eigenvalue weighted by molar-refractivity contribution is 6.74. The Bertz CT molecular complexity index is 398. The summed E-state index contributed by atoms with van der Waals surface area (Å²) in [5.41, 5.74) is 2.46. The fourth-order valence-electron chi connectivity index (χ4n) is 2.05. The van der Waals surface area contributed by atoms with Crippen LogP contribution in [0.3, 0.4) is 0 Å². The van der Waals surface area contributed by atoms with Crippen molar-refractivity contribution < 1.29 is 9.53 Å². The Balaban J connectivity index is 5.27. The first-order valence-electron chi connectivity index (χ1n) is 8.45. The molecule has 0 aromatic carbocycles. The molecule has 3 atom stereocenters. The van der Waals surface area contributed by atoms with Crippen molar-refractivity contribution in [3.63, 3.8) is 0 Å². The molecule has 0 aliphatic carbocycles. The molecule has 1 N–H and O–H groups in total. The molecule has 0 fully saturated rings. The third-order valence-electron chi connectivity index (χ3n) is 4.98. The lowest BCUT2D eigenvalue weighted by Crippen LogP contribution is -2.47. The van der Waals surface area contributed by atoms with Crippen molar-refractivity contribution in [3.8, 4) is 0 Å². The Hall–Kier alpha value is -0.383. The number of hydrogen-bond donors (Lipinski definition) is 1. The van der Waals surface area contributed by atoms with Crippen LogP contribution in [0.2, 0.25) is 18.1 Å². The van der Waals surface area contributed by atoms with Crippen molar-refractivity contribution in [2.24, 2.45) is 5.92 Å². The summed E-state index contributed by atoms with van der Waals surface area (Å²) in [5.74, 6) is 0.0842. The Morgan fingerprint density at radius 2 is 1.68 bits per heavy atom. The summed E-state index contributed by atoms with van der Waals surface area (Å²) in [6, 6.07) is 0. The van der Waals surface area contributed by atoms with E-state index in [9.17, 15) is 5.11 Å². The van der Waals surface area contributed by atoms with Gasteiger partial charge in [-0.25, -0.2) is 0 Å². The lowest BCUT2D eigenvalue weighted by molar-refractivity contribution is 0.0468. The lowest BCUT2D eigenvalue weighted by Gasteiger charge is -2.42. The highest BCUT2D eigenvalue weighted by Crippen LogP contribution is 2.39. The maximum atomic E-state index is 10.5. The van der Waals surface area contributed by atoms with Crippen LogP contribution in [0.5, 0.6) is 0 Å². The van der Waals surface area contributed by atoms with Crippen LogP contribution in [0.4, 0.5) is 0 Å². The van der Waals surface area contributed by atoms with Crippen LogP contribution >= 0.6 is 0 Å². The lowest BCUT2D eigenvalue weighted by atomic mass is 9.91. The summed E-state index contributed by atoms with van der Waals surface area (Å²) < 4.78 is 6.63. The molecule has 22 heavy (non-hydrogen) atoms. The van der Waals surface area contributed by atoms with Gasteiger partial charge in [-0.15, -0.1) is 0 Å². The van der Waals surface area contributed by atoms with Gasteiger partial charge in [-0.2, -0.15) is 0 Å². The third-order valence-corrected chi connectivity index (χ3v) is 9.44. The van der Waals surface area contributed by atoms with Crippen LogP contribution in [-0.2, 0) is 4.43 Å². The van der Waals surface area contributed by atoms with Crippen molar-refractivity contribution >= 4 is 8.32 Å². The first kappa shape index (κ1) is 21.6. The number of aliphatic hydroxyl groups excluding tert-OH is 1. The fraction of sp³-hybridized carbons (Fsp3) is 0.789. The Labute approximate surface area is 139 Å². The van der Waals surface area contributed by atoms with Gasteiger partial charge in [0.05, 0.1) is 12.2 Å². The highest BCUT2D eigenvalue weighted by atomic mass is 28.4. The van der Waals surface area contributed by atoms with Gasteiger partial charge in [-0.1, -0.05) is 45.4 Å². The van der Waals surface area contributed by atoms with E-state index in [2.05, 4.69) is 73.7 Å². The predicted octanol–water partition coefficient (Wildman–Crippen LogP) is 5.70. The molecule has 0 bridgehead atoms. The van der Waals surface area contributed by atoms with E-state index in [1.54, 1.807) is 0 Å². The number of aliphatic hydroxyl groups is 1. The number of allylic oxidation sites excluding steroid dienone is 2. The van der Waals surface area contributed by atoms with Gasteiger partial charge in [0.2, 0.25) is 0 Å². The first-order valence-corrected chi connectivity index (χ1v) is 11.4. The molecule has 0 aromatic heterocycles. The zero-order valence-electron chi connectivity index (χ0n) is 16.4. The second kappa shape index (κ2) is 8.46. The SMILES string of the molecule is C/C=C(\C)[C@@H](O[Si](C)(C)C(C)(C)C)[C@H](C)[C@H](O)CC=C(C)C. The minimum atomic E-state index is -1.87. The summed E-state index contributed by atoms with van der Waals surface area (Å²) in [6.07, 6.45) is 4.53. The molecular weight excluding hydrogens is 288 g/mol. The summed E-state index contributed by atoms with van der Waals surface area (Å²) in [4.78, 5) is 0. The minimum absolute atomic E-state index is 0.00791. The quantitative estimate of drug-likeness (QED) is 0.480. The summed E-state index contributed by atoms with van der Waals surface area (Å²) in [6.45, 7) is 21.7. The molecule has 0 aliphatic rings. The van der Waals surface area contributed by atoms with Gasteiger partial charge < -0.3 is 9.53 Å². The summed E-state index contributed by atoms with van der Waals surface area (Å²) in [7, 11) is -1.87. The monoisotopic (exact) mass is 326 g/mol. The van der Waals surface area contributed by atoms with Crippen LogP contribution in [0, 0.1) is 5.92 Å². The largest absolute Gasteiger partial charge is 0.410 e. The maximum Gasteiger partial charge on any atom is 0.192 e. The molecule has 0 aromatic rings. The van der Waals surface area contributed by atoms with E-state index in [1.807, 2.05) is 6.92 Å². The van der Waals surface area contributed by atoms with Crippen LogP contribution in [-0.4, -0.2) is 25.6 Å². The molecule has 0 saturated heterocycles. The Kier molecular flexibility index (Phi) is 8.32. The van der Waals surface area contributed by atoms with Crippen LogP contribution in [0.25, 0.3) is 0 Å². The van der Waals surface area contributed by atoms with Crippen LogP contribution in [0.1, 0.15) is 61.8 Å². The van der Waals surface area contributed by atoms with Gasteiger partial charge >= 0.3 is 0 Å². The molecule has 3 heteroatoms.